The number of carbonyl (C=O) groups excluding carboxylic acids is 5. The number of Topliss-reactive ketones (excluding diaryl/α,β-unsaturated/α-hetero) is 3. The molecular formula is C61H98N2O15. The molecule has 5 rings (SSSR count). The van der Waals surface area contributed by atoms with Crippen LogP contribution < -0.4 is 0 Å². The Bertz CT molecular complexity index is 2050. The van der Waals surface area contributed by atoms with Crippen molar-refractivity contribution in [2.24, 2.45) is 35.5 Å². The molecule has 15 atom stereocenters. The molecule has 1 aliphatic carbocycles. The summed E-state index contributed by atoms with van der Waals surface area (Å²) in [5.74, 6) is -7.99. The first-order valence-electron chi connectivity index (χ1n) is 29.3. The number of amides is 1. The lowest BCUT2D eigenvalue weighted by Gasteiger charge is -2.43. The number of fused-ring (bicyclic) bond motifs is 3. The van der Waals surface area contributed by atoms with Crippen molar-refractivity contribution in [2.45, 2.75) is 205 Å². The summed E-state index contributed by atoms with van der Waals surface area (Å²) < 4.78 is 42.3. The Labute approximate surface area is 465 Å². The standard InChI is InChI=1S/C61H98N2O15/c1-39-17-12-11-13-18-40(2)52(76-32-31-72-8)37-48-22-20-45(7)61(71,78-48)58(68)59(69)63-27-15-14-19-49(63)60(70)77-53(38-50(65)41(3)34-44(6)56(67)57(74-10)55(66)43(5)33-39)42(4)35-46-21-23-51(54(36-46)73-9)75-30-16-26-62-28-24-47(64)25-29-62/h11-13,17-18,34,39,41-43,45-49,51-54,56-57,64,67,71H,14-16,19-33,35-38H2,1-10H3/b13-11?,17-12+,40-18?,44-34+/t39-,41-,42-,43-,45-,46+,48+,49?,51-,52?,53+,54-,56-,57+,61-/m1/s1. The molecule has 4 heterocycles. The van der Waals surface area contributed by atoms with Gasteiger partial charge in [-0.15, -0.1) is 0 Å². The summed E-state index contributed by atoms with van der Waals surface area (Å²) in [6.45, 7) is 16.8. The molecule has 0 aromatic carbocycles. The zero-order valence-electron chi connectivity index (χ0n) is 48.8. The predicted molar refractivity (Wildman–Crippen MR) is 296 cm³/mol. The first-order chi connectivity index (χ1) is 37.2. The van der Waals surface area contributed by atoms with E-state index in [1.54, 1.807) is 41.1 Å². The number of methoxy groups -OCH3 is 3. The minimum Gasteiger partial charge on any atom is -0.460 e. The van der Waals surface area contributed by atoms with Crippen molar-refractivity contribution in [2.75, 3.05) is 67.3 Å². The number of rotatable bonds is 14. The summed E-state index contributed by atoms with van der Waals surface area (Å²) in [6, 6.07) is -1.15. The van der Waals surface area contributed by atoms with E-state index in [0.29, 0.717) is 63.7 Å². The lowest BCUT2D eigenvalue weighted by molar-refractivity contribution is -0.266. The van der Waals surface area contributed by atoms with Gasteiger partial charge in [0.15, 0.2) is 5.78 Å². The molecule has 3 saturated heterocycles. The van der Waals surface area contributed by atoms with Gasteiger partial charge in [0.2, 0.25) is 5.79 Å². The molecule has 1 amide bonds. The van der Waals surface area contributed by atoms with Crippen LogP contribution in [0.1, 0.15) is 145 Å². The summed E-state index contributed by atoms with van der Waals surface area (Å²) in [5.41, 5.74) is 1.25. The number of likely N-dealkylation sites (tertiary alicyclic amines) is 1. The van der Waals surface area contributed by atoms with E-state index >= 15 is 0 Å². The van der Waals surface area contributed by atoms with Crippen molar-refractivity contribution in [3.05, 3.63) is 47.6 Å². The molecule has 5 aliphatic rings. The number of carbonyl (C=O) groups is 5. The lowest BCUT2D eigenvalue weighted by atomic mass is 9.78. The number of nitrogens with zero attached hydrogens (tertiary/aromatic N) is 2. The Balaban J connectivity index is 1.41. The fourth-order valence-corrected chi connectivity index (χ4v) is 12.1. The average Bonchev–Trinajstić information content (AvgIpc) is 3.46. The Morgan fingerprint density at radius 3 is 2.23 bits per heavy atom. The molecule has 2 bridgehead atoms. The molecule has 0 radical (unpaired) electrons. The second-order valence-corrected chi connectivity index (χ2v) is 23.5. The second kappa shape index (κ2) is 32.2. The van der Waals surface area contributed by atoms with Gasteiger partial charge in [-0.25, -0.2) is 4.79 Å². The van der Waals surface area contributed by atoms with Crippen molar-refractivity contribution in [3.8, 4) is 0 Å². The fraction of sp³-hybridized carbons (Fsp3) is 0.787. The highest BCUT2D eigenvalue weighted by Gasteiger charge is 2.53. The molecule has 2 unspecified atom stereocenters. The number of allylic oxidation sites excluding steroid dienone is 6. The molecule has 0 aromatic heterocycles. The van der Waals surface area contributed by atoms with E-state index in [1.807, 2.05) is 58.1 Å². The number of piperidine rings is 2. The molecule has 442 valence electrons. The normalized spacial score (nSPS) is 36.3. The van der Waals surface area contributed by atoms with Gasteiger partial charge in [-0.1, -0.05) is 71.1 Å². The van der Waals surface area contributed by atoms with E-state index in [0.717, 1.165) is 57.3 Å². The maximum absolute atomic E-state index is 14.7. The number of hydrogen-bond donors (Lipinski definition) is 3. The van der Waals surface area contributed by atoms with Gasteiger partial charge in [-0.2, -0.15) is 0 Å². The highest BCUT2D eigenvalue weighted by molar-refractivity contribution is 6.39. The highest BCUT2D eigenvalue weighted by Crippen LogP contribution is 2.38. The van der Waals surface area contributed by atoms with Gasteiger partial charge in [-0.3, -0.25) is 19.2 Å². The number of aliphatic hydroxyl groups excluding tert-OH is 2. The van der Waals surface area contributed by atoms with Gasteiger partial charge >= 0.3 is 5.97 Å². The van der Waals surface area contributed by atoms with Gasteiger partial charge in [0.25, 0.3) is 11.7 Å². The van der Waals surface area contributed by atoms with Gasteiger partial charge in [0.05, 0.1) is 43.7 Å². The third-order valence-electron chi connectivity index (χ3n) is 17.3. The number of ether oxygens (including phenoxy) is 7. The monoisotopic (exact) mass is 1100 g/mol. The summed E-state index contributed by atoms with van der Waals surface area (Å²) in [5, 5.41) is 33.6. The van der Waals surface area contributed by atoms with Crippen LogP contribution in [0.3, 0.4) is 0 Å². The zero-order valence-corrected chi connectivity index (χ0v) is 48.8. The molecule has 4 aliphatic heterocycles. The summed E-state index contributed by atoms with van der Waals surface area (Å²) in [4.78, 5) is 75.5. The molecule has 3 N–H and O–H groups in total. The van der Waals surface area contributed by atoms with Gasteiger partial charge in [0, 0.05) is 84.7 Å². The van der Waals surface area contributed by atoms with E-state index in [1.165, 1.54) is 12.0 Å². The summed E-state index contributed by atoms with van der Waals surface area (Å²) in [6.07, 6.45) is 14.5. The van der Waals surface area contributed by atoms with E-state index in [2.05, 4.69) is 4.90 Å². The minimum absolute atomic E-state index is 0.000955. The molecule has 17 nitrogen and oxygen atoms in total. The molecule has 1 saturated carbocycles. The van der Waals surface area contributed by atoms with Crippen LogP contribution >= 0.6 is 0 Å². The van der Waals surface area contributed by atoms with Gasteiger partial charge < -0.3 is 58.3 Å². The quantitative estimate of drug-likeness (QED) is 0.0686. The number of aliphatic hydroxyl groups is 3. The zero-order chi connectivity index (χ0) is 57.1. The third kappa shape index (κ3) is 18.8. The van der Waals surface area contributed by atoms with Crippen LogP contribution in [0.15, 0.2) is 47.6 Å². The third-order valence-corrected chi connectivity index (χ3v) is 17.3. The van der Waals surface area contributed by atoms with E-state index in [4.69, 9.17) is 33.2 Å². The topological polar surface area (TPSA) is 217 Å². The number of hydrogen-bond acceptors (Lipinski definition) is 16. The summed E-state index contributed by atoms with van der Waals surface area (Å²) >= 11 is 0. The van der Waals surface area contributed by atoms with E-state index < -0.39 is 77.8 Å². The highest BCUT2D eigenvalue weighted by atomic mass is 16.6. The van der Waals surface area contributed by atoms with Crippen LogP contribution in [-0.4, -0.2) is 182 Å². The first kappa shape index (κ1) is 65.3. The molecule has 78 heavy (non-hydrogen) atoms. The number of esters is 1. The van der Waals surface area contributed by atoms with Crippen LogP contribution in [-0.2, 0) is 57.1 Å². The van der Waals surface area contributed by atoms with Crippen molar-refractivity contribution < 1.29 is 72.5 Å². The largest absolute Gasteiger partial charge is 0.460 e. The Morgan fingerprint density at radius 1 is 0.782 bits per heavy atom. The second-order valence-electron chi connectivity index (χ2n) is 23.5. The Kier molecular flexibility index (Phi) is 27.0. The van der Waals surface area contributed by atoms with Crippen LogP contribution in [0.4, 0.5) is 0 Å². The molecule has 17 heteroatoms. The van der Waals surface area contributed by atoms with Crippen molar-refractivity contribution in [1.29, 1.82) is 0 Å². The number of cyclic esters (lactones) is 1. The lowest BCUT2D eigenvalue weighted by Crippen LogP contribution is -2.61. The van der Waals surface area contributed by atoms with Crippen LogP contribution in [0.25, 0.3) is 0 Å². The molecule has 0 spiro atoms. The number of ketones is 3. The van der Waals surface area contributed by atoms with E-state index in [-0.39, 0.29) is 80.0 Å². The summed E-state index contributed by atoms with van der Waals surface area (Å²) in [7, 11) is 4.67. The average molecular weight is 1100 g/mol. The first-order valence-corrected chi connectivity index (χ1v) is 29.3. The Morgan fingerprint density at radius 2 is 1.53 bits per heavy atom. The minimum atomic E-state index is -2.46. The maximum Gasteiger partial charge on any atom is 0.329 e. The van der Waals surface area contributed by atoms with Crippen LogP contribution in [0.5, 0.6) is 0 Å². The predicted octanol–water partition coefficient (Wildman–Crippen LogP) is 7.07. The smallest absolute Gasteiger partial charge is 0.329 e. The fourth-order valence-electron chi connectivity index (χ4n) is 12.1. The van der Waals surface area contributed by atoms with Crippen molar-refractivity contribution in [3.63, 3.8) is 0 Å². The van der Waals surface area contributed by atoms with E-state index in [9.17, 15) is 39.3 Å². The van der Waals surface area contributed by atoms with Crippen LogP contribution in [0.2, 0.25) is 0 Å². The van der Waals surface area contributed by atoms with Gasteiger partial charge in [-0.05, 0) is 126 Å². The maximum atomic E-state index is 14.7. The molecule has 0 aromatic rings. The van der Waals surface area contributed by atoms with Gasteiger partial charge in [0.1, 0.15) is 30.1 Å². The van der Waals surface area contributed by atoms with Crippen LogP contribution in [0, 0.1) is 35.5 Å². The Hall–Kier alpha value is -3.49. The van der Waals surface area contributed by atoms with Crippen molar-refractivity contribution in [1.82, 2.24) is 9.80 Å². The van der Waals surface area contributed by atoms with Crippen molar-refractivity contribution >= 4 is 29.2 Å². The SMILES string of the molecule is COCCOC1C[C@@H]2CC[C@@H](C)[C@@](O)(O2)C(=O)C(=O)N2CCCCC2C(=O)O[C@H]([C@H](C)C[C@@H]2CC[C@@H](OCCCN3CCC(O)CC3)[C@H](OC)C2)CC(=O)[C@H](C)/C=C(\C)[C@@H](O)[C@@H](OC)C(=O)[C@H](C)C[C@H](C)/C=C/C=CC=C1C. The molecule has 4 fully saturated rings. The molecular weight excluding hydrogens is 1000 g/mol.